The van der Waals surface area contributed by atoms with E-state index in [1.165, 1.54) is 77.0 Å². The van der Waals surface area contributed by atoms with Gasteiger partial charge in [-0.3, -0.25) is 9.36 Å². The minimum atomic E-state index is -4.56. The lowest BCUT2D eigenvalue weighted by molar-refractivity contribution is -0.147. The van der Waals surface area contributed by atoms with Crippen molar-refractivity contribution in [1.29, 1.82) is 0 Å². The van der Waals surface area contributed by atoms with E-state index in [4.69, 9.17) is 4.74 Å². The quantitative estimate of drug-likeness (QED) is 0.108. The van der Waals surface area contributed by atoms with Crippen molar-refractivity contribution in [3.05, 3.63) is 0 Å². The number of hydrogen-bond donors (Lipinski definition) is 2. The Morgan fingerprint density at radius 2 is 1.07 bits per heavy atom. The summed E-state index contributed by atoms with van der Waals surface area (Å²) in [6.07, 6.45) is 20.3. The Morgan fingerprint density at radius 1 is 0.700 bits per heavy atom. The SMILES string of the molecule is CCCCCCCCCCCCCCCCCCC(CC)(C(=O)OCC)P(=O)(O)O. The Kier molecular flexibility index (Phi) is 18.0. The summed E-state index contributed by atoms with van der Waals surface area (Å²) >= 11 is 0. The van der Waals surface area contributed by atoms with Crippen molar-refractivity contribution in [3.8, 4) is 0 Å². The average molecular weight is 449 g/mol. The van der Waals surface area contributed by atoms with Gasteiger partial charge in [-0.15, -0.1) is 0 Å². The maximum atomic E-state index is 12.2. The Bertz CT molecular complexity index is 463. The molecule has 0 heterocycles. The number of carbonyl (C=O) groups is 1. The largest absolute Gasteiger partial charge is 0.465 e. The predicted molar refractivity (Wildman–Crippen MR) is 126 cm³/mol. The van der Waals surface area contributed by atoms with Crippen molar-refractivity contribution < 1.29 is 23.9 Å². The molecule has 0 radical (unpaired) electrons. The molecule has 0 fully saturated rings. The fourth-order valence-corrected chi connectivity index (χ4v) is 5.29. The first-order chi connectivity index (χ1) is 14.4. The lowest BCUT2D eigenvalue weighted by Gasteiger charge is -2.30. The van der Waals surface area contributed by atoms with Gasteiger partial charge in [0.2, 0.25) is 0 Å². The standard InChI is InChI=1S/C24H49O5P/c1-4-7-8-9-10-11-12-13-14-15-16-17-18-19-20-21-22-24(5-2,30(26,27)28)23(25)29-6-3/h4-22H2,1-3H3,(H2,26,27,28). The highest BCUT2D eigenvalue weighted by Gasteiger charge is 2.52. The van der Waals surface area contributed by atoms with Crippen molar-refractivity contribution in [2.45, 2.75) is 142 Å². The monoisotopic (exact) mass is 448 g/mol. The molecule has 0 saturated carbocycles. The number of esters is 1. The fraction of sp³-hybridized carbons (Fsp3) is 0.958. The van der Waals surface area contributed by atoms with Gasteiger partial charge in [-0.25, -0.2) is 0 Å². The zero-order chi connectivity index (χ0) is 22.7. The van der Waals surface area contributed by atoms with E-state index in [9.17, 15) is 19.1 Å². The van der Waals surface area contributed by atoms with Gasteiger partial charge in [0, 0.05) is 0 Å². The van der Waals surface area contributed by atoms with Crippen LogP contribution in [0, 0.1) is 0 Å². The topological polar surface area (TPSA) is 83.8 Å². The molecule has 1 atom stereocenters. The van der Waals surface area contributed by atoms with Gasteiger partial charge in [-0.1, -0.05) is 117 Å². The summed E-state index contributed by atoms with van der Waals surface area (Å²) in [5, 5.41) is -1.67. The number of ether oxygens (including phenoxy) is 1. The van der Waals surface area contributed by atoms with Gasteiger partial charge in [-0.05, 0) is 19.8 Å². The molecule has 0 aromatic carbocycles. The molecule has 0 aromatic rings. The van der Waals surface area contributed by atoms with Crippen LogP contribution < -0.4 is 0 Å². The number of carbonyl (C=O) groups excluding carboxylic acids is 1. The fourth-order valence-electron chi connectivity index (χ4n) is 4.12. The highest BCUT2D eigenvalue weighted by molar-refractivity contribution is 7.54. The molecule has 2 N–H and O–H groups in total. The van der Waals surface area contributed by atoms with Crippen molar-refractivity contribution >= 4 is 13.6 Å². The maximum Gasteiger partial charge on any atom is 0.342 e. The molecule has 0 bridgehead atoms. The van der Waals surface area contributed by atoms with Crippen molar-refractivity contribution in [2.24, 2.45) is 0 Å². The van der Waals surface area contributed by atoms with E-state index in [1.54, 1.807) is 13.8 Å². The number of unbranched alkanes of at least 4 members (excludes halogenated alkanes) is 15. The average Bonchev–Trinajstić information content (AvgIpc) is 2.69. The van der Waals surface area contributed by atoms with Crippen LogP contribution in [-0.2, 0) is 14.1 Å². The van der Waals surface area contributed by atoms with E-state index in [1.807, 2.05) is 0 Å². The zero-order valence-corrected chi connectivity index (χ0v) is 20.9. The van der Waals surface area contributed by atoms with E-state index in [0.717, 1.165) is 19.3 Å². The van der Waals surface area contributed by atoms with Gasteiger partial charge in [0.25, 0.3) is 0 Å². The third kappa shape index (κ3) is 12.5. The molecule has 5 nitrogen and oxygen atoms in total. The molecule has 0 aromatic heterocycles. The summed E-state index contributed by atoms with van der Waals surface area (Å²) in [6, 6.07) is 0. The van der Waals surface area contributed by atoms with Gasteiger partial charge in [0.15, 0.2) is 5.16 Å². The van der Waals surface area contributed by atoms with Gasteiger partial charge in [0.05, 0.1) is 6.61 Å². The molecule has 0 aliphatic rings. The second-order valence-electron chi connectivity index (χ2n) is 8.70. The van der Waals surface area contributed by atoms with E-state index in [-0.39, 0.29) is 19.4 Å². The normalized spacial score (nSPS) is 13.9. The second-order valence-corrected chi connectivity index (χ2v) is 10.6. The van der Waals surface area contributed by atoms with Crippen LogP contribution in [0.25, 0.3) is 0 Å². The smallest absolute Gasteiger partial charge is 0.342 e. The van der Waals surface area contributed by atoms with Gasteiger partial charge < -0.3 is 14.5 Å². The Balaban J connectivity index is 3.76. The third-order valence-corrected chi connectivity index (χ3v) is 8.08. The van der Waals surface area contributed by atoms with E-state index in [2.05, 4.69) is 6.92 Å². The molecular weight excluding hydrogens is 399 g/mol. The summed E-state index contributed by atoms with van der Waals surface area (Å²) in [7, 11) is -4.56. The van der Waals surface area contributed by atoms with Gasteiger partial charge >= 0.3 is 13.6 Å². The van der Waals surface area contributed by atoms with Crippen molar-refractivity contribution in [2.75, 3.05) is 6.61 Å². The summed E-state index contributed by atoms with van der Waals surface area (Å²) in [5.74, 6) is -0.748. The van der Waals surface area contributed by atoms with Crippen LogP contribution in [-0.4, -0.2) is 27.5 Å². The molecule has 0 aliphatic heterocycles. The Hall–Kier alpha value is -0.380. The summed E-state index contributed by atoms with van der Waals surface area (Å²) in [5.41, 5.74) is 0. The van der Waals surface area contributed by atoms with E-state index >= 15 is 0 Å². The molecular formula is C24H49O5P. The van der Waals surface area contributed by atoms with Crippen LogP contribution in [0.5, 0.6) is 0 Å². The summed E-state index contributed by atoms with van der Waals surface area (Å²) < 4.78 is 17.0. The summed E-state index contributed by atoms with van der Waals surface area (Å²) in [4.78, 5) is 31.7. The van der Waals surface area contributed by atoms with Crippen LogP contribution in [0.3, 0.4) is 0 Å². The molecule has 0 amide bonds. The Morgan fingerprint density at radius 3 is 1.37 bits per heavy atom. The zero-order valence-electron chi connectivity index (χ0n) is 20.0. The summed E-state index contributed by atoms with van der Waals surface area (Å²) in [6.45, 7) is 5.71. The molecule has 0 spiro atoms. The van der Waals surface area contributed by atoms with Gasteiger partial charge in [0.1, 0.15) is 0 Å². The lowest BCUT2D eigenvalue weighted by Crippen LogP contribution is -2.39. The third-order valence-electron chi connectivity index (χ3n) is 6.24. The van der Waals surface area contributed by atoms with Gasteiger partial charge in [-0.2, -0.15) is 0 Å². The minimum Gasteiger partial charge on any atom is -0.465 e. The molecule has 0 saturated heterocycles. The van der Waals surface area contributed by atoms with Crippen LogP contribution in [0.2, 0.25) is 0 Å². The Labute approximate surface area is 185 Å². The molecule has 6 heteroatoms. The van der Waals surface area contributed by atoms with Crippen molar-refractivity contribution in [3.63, 3.8) is 0 Å². The molecule has 180 valence electrons. The van der Waals surface area contributed by atoms with Crippen LogP contribution in [0.4, 0.5) is 0 Å². The predicted octanol–water partition coefficient (Wildman–Crippen LogP) is 7.53. The first-order valence-electron chi connectivity index (χ1n) is 12.6. The highest BCUT2D eigenvalue weighted by atomic mass is 31.2. The number of hydrogen-bond acceptors (Lipinski definition) is 3. The highest BCUT2D eigenvalue weighted by Crippen LogP contribution is 2.56. The van der Waals surface area contributed by atoms with Crippen LogP contribution in [0.15, 0.2) is 0 Å². The first-order valence-corrected chi connectivity index (χ1v) is 14.2. The minimum absolute atomic E-state index is 0.106. The van der Waals surface area contributed by atoms with Crippen LogP contribution >= 0.6 is 7.60 Å². The second kappa shape index (κ2) is 18.2. The van der Waals surface area contributed by atoms with E-state index in [0.29, 0.717) is 6.42 Å². The van der Waals surface area contributed by atoms with Crippen molar-refractivity contribution in [1.82, 2.24) is 0 Å². The van der Waals surface area contributed by atoms with Crippen LogP contribution in [0.1, 0.15) is 136 Å². The maximum absolute atomic E-state index is 12.2. The molecule has 1 unspecified atom stereocenters. The molecule has 30 heavy (non-hydrogen) atoms. The molecule has 0 rings (SSSR count). The first kappa shape index (κ1) is 29.6. The lowest BCUT2D eigenvalue weighted by atomic mass is 9.96. The molecule has 0 aliphatic carbocycles. The van der Waals surface area contributed by atoms with E-state index < -0.39 is 18.7 Å². The number of rotatable bonds is 21.